The zero-order chi connectivity index (χ0) is 25.9. The molecule has 12 heteroatoms. The van der Waals surface area contributed by atoms with Gasteiger partial charge in [-0.15, -0.1) is 0 Å². The van der Waals surface area contributed by atoms with Gasteiger partial charge in [-0.1, -0.05) is 59.3 Å². The van der Waals surface area contributed by atoms with Crippen molar-refractivity contribution >= 4 is 21.4 Å². The minimum absolute atomic E-state index is 0.0106. The zero-order valence-electron chi connectivity index (χ0n) is 18.0. The Morgan fingerprint density at radius 3 is 2.11 bits per heavy atom. The van der Waals surface area contributed by atoms with Crippen molar-refractivity contribution < 1.29 is 39.6 Å². The first-order chi connectivity index (χ1) is 16.3. The first-order valence-corrected chi connectivity index (χ1v) is 11.4. The van der Waals surface area contributed by atoms with Crippen LogP contribution in [0.2, 0.25) is 0 Å². The second kappa shape index (κ2) is 9.98. The lowest BCUT2D eigenvalue weighted by Crippen LogP contribution is -2.30. The van der Waals surface area contributed by atoms with Gasteiger partial charge < -0.3 is 4.84 Å². The van der Waals surface area contributed by atoms with E-state index in [2.05, 4.69) is 5.16 Å². The van der Waals surface area contributed by atoms with Crippen LogP contribution in [0.4, 0.5) is 32.0 Å². The first kappa shape index (κ1) is 26.1. The van der Waals surface area contributed by atoms with E-state index >= 15 is 0 Å². The van der Waals surface area contributed by atoms with Crippen molar-refractivity contribution in [1.29, 1.82) is 0 Å². The summed E-state index contributed by atoms with van der Waals surface area (Å²) in [5, 5.41) is 4.00. The van der Waals surface area contributed by atoms with E-state index in [9.17, 15) is 34.8 Å². The Morgan fingerprint density at radius 2 is 1.54 bits per heavy atom. The molecule has 0 aliphatic rings. The summed E-state index contributed by atoms with van der Waals surface area (Å²) in [6.45, 7) is 1.40. The molecule has 0 aromatic heterocycles. The molecule has 0 aliphatic heterocycles. The van der Waals surface area contributed by atoms with Crippen LogP contribution in [0.1, 0.15) is 27.8 Å². The molecule has 0 saturated heterocycles. The second-order valence-corrected chi connectivity index (χ2v) is 9.05. The highest BCUT2D eigenvalue weighted by molar-refractivity contribution is 7.93. The Kier molecular flexibility index (Phi) is 7.44. The minimum Gasteiger partial charge on any atom is -0.390 e. The Balaban J connectivity index is 1.98. The van der Waals surface area contributed by atoms with Gasteiger partial charge in [-0.25, -0.2) is 0 Å². The van der Waals surface area contributed by atoms with Crippen molar-refractivity contribution in [2.45, 2.75) is 25.2 Å². The number of alkyl halides is 6. The predicted molar refractivity (Wildman–Crippen MR) is 118 cm³/mol. The maximum Gasteiger partial charge on any atom is 0.516 e. The number of hydrogen-bond acceptors (Lipinski definition) is 4. The average Bonchev–Trinajstić information content (AvgIpc) is 2.77. The summed E-state index contributed by atoms with van der Waals surface area (Å²) < 4.78 is 102. The summed E-state index contributed by atoms with van der Waals surface area (Å²) in [6, 6.07) is 16.3. The third kappa shape index (κ3) is 6.53. The number of anilines is 1. The van der Waals surface area contributed by atoms with Crippen molar-refractivity contribution in [3.8, 4) is 0 Å². The standard InChI is InChI=1S/C23H18F6N2O3S/c1-15-7-12-20(31-35(32,33)23(27,28)29)19(13-15)21(17-5-3-2-4-6-17)30-34-14-16-8-10-18(11-9-16)22(24,25)26/h2-13,31H,14H2,1H3/b30-21+. The molecule has 0 bridgehead atoms. The molecular weight excluding hydrogens is 498 g/mol. The molecule has 5 nitrogen and oxygen atoms in total. The lowest BCUT2D eigenvalue weighted by Gasteiger charge is -2.16. The van der Waals surface area contributed by atoms with E-state index in [1.807, 2.05) is 0 Å². The fourth-order valence-corrected chi connectivity index (χ4v) is 3.54. The van der Waals surface area contributed by atoms with Crippen molar-refractivity contribution in [3.05, 3.63) is 101 Å². The minimum atomic E-state index is -5.72. The van der Waals surface area contributed by atoms with Gasteiger partial charge in [0.05, 0.1) is 11.3 Å². The van der Waals surface area contributed by atoms with Crippen LogP contribution in [0.5, 0.6) is 0 Å². The summed E-state index contributed by atoms with van der Waals surface area (Å²) in [4.78, 5) is 5.32. The number of hydrogen-bond donors (Lipinski definition) is 1. The summed E-state index contributed by atoms with van der Waals surface area (Å²) in [7, 11) is -5.72. The monoisotopic (exact) mass is 516 g/mol. The normalized spacial score (nSPS) is 12.9. The van der Waals surface area contributed by atoms with Gasteiger partial charge in [-0.2, -0.15) is 34.8 Å². The number of aryl methyl sites for hydroxylation is 1. The van der Waals surface area contributed by atoms with Crippen molar-refractivity contribution in [3.63, 3.8) is 0 Å². The Labute approximate surface area is 197 Å². The smallest absolute Gasteiger partial charge is 0.390 e. The van der Waals surface area contributed by atoms with Crippen LogP contribution in [0.25, 0.3) is 0 Å². The molecule has 0 spiro atoms. The molecule has 3 aromatic rings. The summed E-state index contributed by atoms with van der Waals surface area (Å²) in [5.41, 5.74) is -5.38. The molecule has 1 N–H and O–H groups in total. The van der Waals surface area contributed by atoms with E-state index in [4.69, 9.17) is 4.84 Å². The van der Waals surface area contributed by atoms with Gasteiger partial charge in [-0.05, 0) is 36.8 Å². The molecule has 35 heavy (non-hydrogen) atoms. The SMILES string of the molecule is Cc1ccc(NS(=O)(=O)C(F)(F)F)c(/C(=N/OCc2ccc(C(F)(F)F)cc2)c2ccccc2)c1. The number of oxime groups is 1. The van der Waals surface area contributed by atoms with Gasteiger partial charge >= 0.3 is 21.7 Å². The van der Waals surface area contributed by atoms with Crippen LogP contribution in [-0.4, -0.2) is 19.6 Å². The summed E-state index contributed by atoms with van der Waals surface area (Å²) >= 11 is 0. The summed E-state index contributed by atoms with van der Waals surface area (Å²) in [5.74, 6) is 0. The fraction of sp³-hybridized carbons (Fsp3) is 0.174. The molecule has 3 aromatic carbocycles. The maximum atomic E-state index is 13.0. The molecule has 3 rings (SSSR count). The molecule has 186 valence electrons. The van der Waals surface area contributed by atoms with E-state index in [0.717, 1.165) is 12.1 Å². The highest BCUT2D eigenvalue weighted by Gasteiger charge is 2.46. The largest absolute Gasteiger partial charge is 0.516 e. The quantitative estimate of drug-likeness (QED) is 0.230. The number of rotatable bonds is 7. The molecule has 0 fully saturated rings. The van der Waals surface area contributed by atoms with Crippen molar-refractivity contribution in [2.75, 3.05) is 4.72 Å². The van der Waals surface area contributed by atoms with Crippen LogP contribution >= 0.6 is 0 Å². The Morgan fingerprint density at radius 1 is 0.914 bits per heavy atom. The predicted octanol–water partition coefficient (Wildman–Crippen LogP) is 6.24. The summed E-state index contributed by atoms with van der Waals surface area (Å²) in [6.07, 6.45) is -4.50. The lowest BCUT2D eigenvalue weighted by atomic mass is 9.99. The molecule has 0 saturated carbocycles. The molecule has 0 aliphatic carbocycles. The Bertz CT molecular complexity index is 1300. The van der Waals surface area contributed by atoms with E-state index in [1.165, 1.54) is 35.1 Å². The van der Waals surface area contributed by atoms with E-state index in [1.54, 1.807) is 37.3 Å². The van der Waals surface area contributed by atoms with E-state index in [0.29, 0.717) is 16.7 Å². The van der Waals surface area contributed by atoms with Crippen LogP contribution < -0.4 is 4.72 Å². The second-order valence-electron chi connectivity index (χ2n) is 7.37. The third-order valence-corrected chi connectivity index (χ3v) is 5.79. The topological polar surface area (TPSA) is 67.8 Å². The van der Waals surface area contributed by atoms with Crippen LogP contribution in [0.15, 0.2) is 78.0 Å². The molecule has 0 heterocycles. The number of nitrogens with one attached hydrogen (secondary N) is 1. The van der Waals surface area contributed by atoms with Gasteiger partial charge in [0.25, 0.3) is 0 Å². The lowest BCUT2D eigenvalue weighted by molar-refractivity contribution is -0.137. The van der Waals surface area contributed by atoms with E-state index < -0.39 is 27.3 Å². The van der Waals surface area contributed by atoms with Gasteiger partial charge in [0.1, 0.15) is 12.3 Å². The van der Waals surface area contributed by atoms with Crippen LogP contribution in [0, 0.1) is 6.92 Å². The van der Waals surface area contributed by atoms with Gasteiger partial charge in [0.2, 0.25) is 0 Å². The van der Waals surface area contributed by atoms with Gasteiger partial charge in [0.15, 0.2) is 0 Å². The number of benzene rings is 3. The first-order valence-electron chi connectivity index (χ1n) is 9.89. The van der Waals surface area contributed by atoms with Crippen LogP contribution in [0.3, 0.4) is 0 Å². The van der Waals surface area contributed by atoms with Gasteiger partial charge in [-0.3, -0.25) is 4.72 Å². The molecule has 0 amide bonds. The van der Waals surface area contributed by atoms with E-state index in [-0.39, 0.29) is 23.6 Å². The maximum absolute atomic E-state index is 13.0. The zero-order valence-corrected chi connectivity index (χ0v) is 18.8. The molecule has 0 radical (unpaired) electrons. The van der Waals surface area contributed by atoms with Gasteiger partial charge in [0, 0.05) is 11.1 Å². The Hall–Kier alpha value is -3.54. The third-order valence-electron chi connectivity index (χ3n) is 4.69. The number of nitrogens with zero attached hydrogens (tertiary/aromatic N) is 1. The fourth-order valence-electron chi connectivity index (χ4n) is 2.96. The average molecular weight is 516 g/mol. The van der Waals surface area contributed by atoms with Crippen molar-refractivity contribution in [1.82, 2.24) is 0 Å². The molecule has 0 unspecified atom stereocenters. The highest BCUT2D eigenvalue weighted by Crippen LogP contribution is 2.30. The van der Waals surface area contributed by atoms with Crippen molar-refractivity contribution in [2.24, 2.45) is 5.16 Å². The number of sulfonamides is 1. The molecular formula is C23H18F6N2O3S. The highest BCUT2D eigenvalue weighted by atomic mass is 32.2. The van der Waals surface area contributed by atoms with Crippen LogP contribution in [-0.2, 0) is 27.6 Å². The number of halogens is 6. The molecule has 0 atom stereocenters.